The molecule has 0 aromatic heterocycles. The molecule has 0 heterocycles. The Morgan fingerprint density at radius 1 is 1.25 bits per heavy atom. The molecule has 1 atom stereocenters. The Kier molecular flexibility index (Phi) is 6.07. The smallest absolute Gasteiger partial charge is 0.0207 e. The first-order valence-corrected chi connectivity index (χ1v) is 6.88. The number of hydrogen-bond acceptors (Lipinski definition) is 1. The minimum atomic E-state index is 0.707. The first-order chi connectivity index (χ1) is 7.65. The van der Waals surface area contributed by atoms with E-state index in [1.807, 2.05) is 0 Å². The second-order valence-electron chi connectivity index (χ2n) is 4.61. The number of halogens is 1. The molecule has 90 valence electrons. The van der Waals surface area contributed by atoms with Gasteiger partial charge in [-0.3, -0.25) is 0 Å². The molecule has 1 aromatic carbocycles. The molecular formula is C14H22BrN. The van der Waals surface area contributed by atoms with Gasteiger partial charge in [0.15, 0.2) is 0 Å². The molecule has 1 N–H and O–H groups in total. The van der Waals surface area contributed by atoms with E-state index in [4.69, 9.17) is 0 Å². The lowest BCUT2D eigenvalue weighted by Crippen LogP contribution is -2.27. The van der Waals surface area contributed by atoms with E-state index in [1.54, 1.807) is 0 Å². The first kappa shape index (κ1) is 13.7. The Balaban J connectivity index is 2.64. The van der Waals surface area contributed by atoms with Crippen LogP contribution in [0.5, 0.6) is 0 Å². The highest BCUT2D eigenvalue weighted by Gasteiger charge is 2.14. The van der Waals surface area contributed by atoms with E-state index in [9.17, 15) is 0 Å². The molecule has 0 aliphatic rings. The maximum Gasteiger partial charge on any atom is 0.0207 e. The number of hydrogen-bond donors (Lipinski definition) is 1. The average molecular weight is 284 g/mol. The lowest BCUT2D eigenvalue weighted by atomic mass is 9.89. The number of nitrogens with one attached hydrogen (secondary N) is 1. The first-order valence-electron chi connectivity index (χ1n) is 6.09. The Hall–Kier alpha value is -0.340. The molecule has 0 bridgehead atoms. The summed E-state index contributed by atoms with van der Waals surface area (Å²) in [5.41, 5.74) is 1.42. The van der Waals surface area contributed by atoms with Crippen molar-refractivity contribution in [3.05, 3.63) is 34.3 Å². The predicted octanol–water partition coefficient (Wildman–Crippen LogP) is 3.87. The molecule has 16 heavy (non-hydrogen) atoms. The SMILES string of the molecule is CCNCC(Cc1ccccc1Br)C(C)C. The van der Waals surface area contributed by atoms with Crippen molar-refractivity contribution in [1.82, 2.24) is 5.32 Å². The van der Waals surface area contributed by atoms with Gasteiger partial charge in [-0.25, -0.2) is 0 Å². The maximum absolute atomic E-state index is 3.62. The van der Waals surface area contributed by atoms with Gasteiger partial charge in [-0.15, -0.1) is 0 Å². The Labute approximate surface area is 108 Å². The van der Waals surface area contributed by atoms with Gasteiger partial charge in [0.05, 0.1) is 0 Å². The van der Waals surface area contributed by atoms with Crippen LogP contribution in [0.1, 0.15) is 26.3 Å². The summed E-state index contributed by atoms with van der Waals surface area (Å²) in [6.45, 7) is 8.93. The lowest BCUT2D eigenvalue weighted by molar-refractivity contribution is 0.363. The van der Waals surface area contributed by atoms with E-state index in [-0.39, 0.29) is 0 Å². The summed E-state index contributed by atoms with van der Waals surface area (Å²) in [7, 11) is 0. The van der Waals surface area contributed by atoms with E-state index in [0.717, 1.165) is 19.5 Å². The maximum atomic E-state index is 3.62. The van der Waals surface area contributed by atoms with E-state index in [1.165, 1.54) is 10.0 Å². The molecule has 2 heteroatoms. The number of benzene rings is 1. The molecule has 0 saturated carbocycles. The van der Waals surface area contributed by atoms with Crippen molar-refractivity contribution in [1.29, 1.82) is 0 Å². The zero-order chi connectivity index (χ0) is 12.0. The van der Waals surface area contributed by atoms with Gasteiger partial charge in [0.1, 0.15) is 0 Å². The summed E-state index contributed by atoms with van der Waals surface area (Å²) in [5.74, 6) is 1.42. The third-order valence-corrected chi connectivity index (χ3v) is 3.81. The lowest BCUT2D eigenvalue weighted by Gasteiger charge is -2.21. The van der Waals surface area contributed by atoms with Gasteiger partial charge < -0.3 is 5.32 Å². The van der Waals surface area contributed by atoms with Crippen LogP contribution in [0.25, 0.3) is 0 Å². The van der Waals surface area contributed by atoms with E-state index in [0.29, 0.717) is 11.8 Å². The second kappa shape index (κ2) is 7.08. The molecule has 1 rings (SSSR count). The average Bonchev–Trinajstić information content (AvgIpc) is 2.26. The quantitative estimate of drug-likeness (QED) is 0.836. The minimum Gasteiger partial charge on any atom is -0.317 e. The van der Waals surface area contributed by atoms with Crippen LogP contribution in [0.4, 0.5) is 0 Å². The molecule has 0 aliphatic heterocycles. The van der Waals surface area contributed by atoms with Gasteiger partial charge in [0.2, 0.25) is 0 Å². The largest absolute Gasteiger partial charge is 0.317 e. The van der Waals surface area contributed by atoms with Crippen molar-refractivity contribution >= 4 is 15.9 Å². The zero-order valence-electron chi connectivity index (χ0n) is 10.5. The van der Waals surface area contributed by atoms with Gasteiger partial charge in [0, 0.05) is 4.47 Å². The summed E-state index contributed by atoms with van der Waals surface area (Å²) < 4.78 is 1.23. The Morgan fingerprint density at radius 2 is 1.94 bits per heavy atom. The molecule has 1 nitrogen and oxygen atoms in total. The van der Waals surface area contributed by atoms with Crippen LogP contribution < -0.4 is 5.32 Å². The topological polar surface area (TPSA) is 12.0 Å². The van der Waals surface area contributed by atoms with E-state index < -0.39 is 0 Å². The highest BCUT2D eigenvalue weighted by molar-refractivity contribution is 9.10. The van der Waals surface area contributed by atoms with E-state index in [2.05, 4.69) is 66.3 Å². The summed E-state index contributed by atoms with van der Waals surface area (Å²) in [6, 6.07) is 8.53. The normalized spacial score (nSPS) is 13.1. The highest BCUT2D eigenvalue weighted by Crippen LogP contribution is 2.22. The van der Waals surface area contributed by atoms with Crippen LogP contribution in [0, 0.1) is 11.8 Å². The third-order valence-electron chi connectivity index (χ3n) is 3.04. The summed E-state index contributed by atoms with van der Waals surface area (Å²) in [4.78, 5) is 0. The molecule has 0 fully saturated rings. The molecule has 0 amide bonds. The Morgan fingerprint density at radius 3 is 2.50 bits per heavy atom. The molecule has 1 unspecified atom stereocenters. The van der Waals surface area contributed by atoms with Crippen molar-refractivity contribution in [2.24, 2.45) is 11.8 Å². The predicted molar refractivity (Wildman–Crippen MR) is 74.7 cm³/mol. The molecule has 1 aromatic rings. The van der Waals surface area contributed by atoms with Gasteiger partial charge in [-0.2, -0.15) is 0 Å². The van der Waals surface area contributed by atoms with Crippen molar-refractivity contribution in [3.63, 3.8) is 0 Å². The second-order valence-corrected chi connectivity index (χ2v) is 5.46. The molecule has 0 radical (unpaired) electrons. The van der Waals surface area contributed by atoms with Gasteiger partial charge in [-0.05, 0) is 43.0 Å². The monoisotopic (exact) mass is 283 g/mol. The van der Waals surface area contributed by atoms with Crippen LogP contribution >= 0.6 is 15.9 Å². The van der Waals surface area contributed by atoms with Gasteiger partial charge >= 0.3 is 0 Å². The van der Waals surface area contributed by atoms with E-state index >= 15 is 0 Å². The van der Waals surface area contributed by atoms with Crippen LogP contribution in [-0.2, 0) is 6.42 Å². The molecule has 0 saturated heterocycles. The Bertz CT molecular complexity index is 309. The van der Waals surface area contributed by atoms with Crippen molar-refractivity contribution < 1.29 is 0 Å². The van der Waals surface area contributed by atoms with Gasteiger partial charge in [0.25, 0.3) is 0 Å². The third kappa shape index (κ3) is 4.26. The van der Waals surface area contributed by atoms with Crippen molar-refractivity contribution in [2.75, 3.05) is 13.1 Å². The summed E-state index contributed by atoms with van der Waals surface area (Å²) >= 11 is 3.62. The molecular weight excluding hydrogens is 262 g/mol. The molecule has 0 aliphatic carbocycles. The van der Waals surface area contributed by atoms with Crippen molar-refractivity contribution in [3.8, 4) is 0 Å². The standard InChI is InChI=1S/C14H22BrN/c1-4-16-10-13(11(2)3)9-12-7-5-6-8-14(12)15/h5-8,11,13,16H,4,9-10H2,1-3H3. The van der Waals surface area contributed by atoms with Crippen LogP contribution in [0.2, 0.25) is 0 Å². The number of rotatable bonds is 6. The molecule has 0 spiro atoms. The van der Waals surface area contributed by atoms with Gasteiger partial charge in [-0.1, -0.05) is 54.9 Å². The van der Waals surface area contributed by atoms with Crippen LogP contribution in [-0.4, -0.2) is 13.1 Å². The van der Waals surface area contributed by atoms with Crippen LogP contribution in [0.3, 0.4) is 0 Å². The summed E-state index contributed by atoms with van der Waals surface area (Å²) in [5, 5.41) is 3.45. The summed E-state index contributed by atoms with van der Waals surface area (Å²) in [6.07, 6.45) is 1.14. The minimum absolute atomic E-state index is 0.707. The fourth-order valence-electron chi connectivity index (χ4n) is 1.82. The van der Waals surface area contributed by atoms with Crippen LogP contribution in [0.15, 0.2) is 28.7 Å². The zero-order valence-corrected chi connectivity index (χ0v) is 12.0. The fourth-order valence-corrected chi connectivity index (χ4v) is 2.27. The van der Waals surface area contributed by atoms with Crippen molar-refractivity contribution in [2.45, 2.75) is 27.2 Å². The fraction of sp³-hybridized carbons (Fsp3) is 0.571. The highest BCUT2D eigenvalue weighted by atomic mass is 79.9.